The maximum atomic E-state index is 12.6. The first-order chi connectivity index (χ1) is 12.3. The van der Waals surface area contributed by atoms with Gasteiger partial charge in [0.1, 0.15) is 0 Å². The van der Waals surface area contributed by atoms with Crippen molar-refractivity contribution >= 4 is 17.4 Å². The van der Waals surface area contributed by atoms with E-state index in [1.165, 1.54) is 0 Å². The van der Waals surface area contributed by atoms with Crippen LogP contribution >= 0.6 is 0 Å². The Hall–Kier alpha value is -1.79. The molecule has 2 heterocycles. The van der Waals surface area contributed by atoms with Gasteiger partial charge in [0.15, 0.2) is 0 Å². The molecule has 2 aliphatic rings. The van der Waals surface area contributed by atoms with Gasteiger partial charge in [-0.25, -0.2) is 4.79 Å². The fourth-order valence-electron chi connectivity index (χ4n) is 3.35. The number of rotatable bonds is 5. The lowest BCUT2D eigenvalue weighted by Gasteiger charge is -2.33. The molecule has 2 fully saturated rings. The Morgan fingerprint density at radius 2 is 2.16 bits per heavy atom. The second-order valence-electron chi connectivity index (χ2n) is 6.66. The Labute approximate surface area is 150 Å². The Bertz CT molecular complexity index is 561. The standard InChI is InChI=1S/C19H29N3O3/c1-2-11-25-18-7-4-8-22(15-18)19(23)20-16-5-3-6-17(14-16)21-9-12-24-13-10-21/h3,5-6,14,18H,2,4,7-13,15H2,1H3,(H,20,23). The zero-order valence-corrected chi connectivity index (χ0v) is 15.1. The SMILES string of the molecule is CCCOC1CCCN(C(=O)Nc2cccc(N3CCOCC3)c2)C1. The maximum Gasteiger partial charge on any atom is 0.321 e. The van der Waals surface area contributed by atoms with Gasteiger partial charge in [0.2, 0.25) is 0 Å². The highest BCUT2D eigenvalue weighted by Crippen LogP contribution is 2.21. The summed E-state index contributed by atoms with van der Waals surface area (Å²) in [7, 11) is 0. The smallest absolute Gasteiger partial charge is 0.321 e. The zero-order chi connectivity index (χ0) is 17.5. The van der Waals surface area contributed by atoms with Gasteiger partial charge in [0.25, 0.3) is 0 Å². The normalized spacial score (nSPS) is 21.2. The summed E-state index contributed by atoms with van der Waals surface area (Å²) in [6.45, 7) is 7.62. The topological polar surface area (TPSA) is 54.0 Å². The highest BCUT2D eigenvalue weighted by atomic mass is 16.5. The van der Waals surface area contributed by atoms with E-state index in [0.29, 0.717) is 6.54 Å². The van der Waals surface area contributed by atoms with Gasteiger partial charge in [0.05, 0.1) is 19.3 Å². The first-order valence-electron chi connectivity index (χ1n) is 9.36. The van der Waals surface area contributed by atoms with E-state index in [-0.39, 0.29) is 12.1 Å². The molecule has 1 N–H and O–H groups in total. The average Bonchev–Trinajstić information content (AvgIpc) is 2.67. The van der Waals surface area contributed by atoms with Crippen LogP contribution in [0, 0.1) is 0 Å². The fourth-order valence-corrected chi connectivity index (χ4v) is 3.35. The molecule has 1 unspecified atom stereocenters. The van der Waals surface area contributed by atoms with Crippen LogP contribution in [0.3, 0.4) is 0 Å². The Morgan fingerprint density at radius 1 is 1.32 bits per heavy atom. The van der Waals surface area contributed by atoms with Crippen molar-refractivity contribution in [1.29, 1.82) is 0 Å². The highest BCUT2D eigenvalue weighted by Gasteiger charge is 2.24. The highest BCUT2D eigenvalue weighted by molar-refractivity contribution is 5.90. The molecule has 0 saturated carbocycles. The number of piperidine rings is 1. The van der Waals surface area contributed by atoms with Crippen molar-refractivity contribution in [3.8, 4) is 0 Å². The first kappa shape index (κ1) is 18.0. The number of carbonyl (C=O) groups is 1. The predicted octanol–water partition coefficient (Wildman–Crippen LogP) is 2.95. The summed E-state index contributed by atoms with van der Waals surface area (Å²) in [6, 6.07) is 8.01. The van der Waals surface area contributed by atoms with Crippen molar-refractivity contribution in [2.24, 2.45) is 0 Å². The number of amides is 2. The molecule has 6 heteroatoms. The van der Waals surface area contributed by atoms with Gasteiger partial charge in [-0.2, -0.15) is 0 Å². The predicted molar refractivity (Wildman–Crippen MR) is 99.3 cm³/mol. The van der Waals surface area contributed by atoms with Crippen molar-refractivity contribution in [1.82, 2.24) is 4.90 Å². The summed E-state index contributed by atoms with van der Waals surface area (Å²) in [5, 5.41) is 3.04. The molecule has 2 amide bonds. The minimum Gasteiger partial charge on any atom is -0.378 e. The fraction of sp³-hybridized carbons (Fsp3) is 0.632. The third-order valence-corrected chi connectivity index (χ3v) is 4.70. The second-order valence-corrected chi connectivity index (χ2v) is 6.66. The van der Waals surface area contributed by atoms with Gasteiger partial charge in [-0.3, -0.25) is 0 Å². The van der Waals surface area contributed by atoms with Crippen molar-refractivity contribution in [3.63, 3.8) is 0 Å². The summed E-state index contributed by atoms with van der Waals surface area (Å²) in [5.41, 5.74) is 1.97. The third kappa shape index (κ3) is 5.09. The van der Waals surface area contributed by atoms with E-state index in [1.54, 1.807) is 0 Å². The number of urea groups is 1. The minimum atomic E-state index is -0.0380. The number of morpholine rings is 1. The molecule has 1 atom stereocenters. The molecule has 0 aliphatic carbocycles. The number of likely N-dealkylation sites (tertiary alicyclic amines) is 1. The summed E-state index contributed by atoms with van der Waals surface area (Å²) < 4.78 is 11.2. The van der Waals surface area contributed by atoms with Gasteiger partial charge in [0, 0.05) is 44.2 Å². The molecule has 0 spiro atoms. The van der Waals surface area contributed by atoms with E-state index < -0.39 is 0 Å². The molecular formula is C19H29N3O3. The van der Waals surface area contributed by atoms with Crippen LogP contribution in [0.1, 0.15) is 26.2 Å². The van der Waals surface area contributed by atoms with Gasteiger partial charge in [-0.15, -0.1) is 0 Å². The summed E-state index contributed by atoms with van der Waals surface area (Å²) >= 11 is 0. The molecular weight excluding hydrogens is 318 g/mol. The molecule has 0 aromatic heterocycles. The van der Waals surface area contributed by atoms with Crippen LogP contribution in [0.25, 0.3) is 0 Å². The molecule has 0 bridgehead atoms. The van der Waals surface area contributed by atoms with Gasteiger partial charge in [-0.1, -0.05) is 13.0 Å². The third-order valence-electron chi connectivity index (χ3n) is 4.70. The second kappa shape index (κ2) is 9.06. The number of ether oxygens (including phenoxy) is 2. The van der Waals surface area contributed by atoms with Crippen LogP contribution in [-0.2, 0) is 9.47 Å². The molecule has 138 valence electrons. The van der Waals surface area contributed by atoms with Crippen LogP contribution in [0.5, 0.6) is 0 Å². The molecule has 3 rings (SSSR count). The number of hydrogen-bond donors (Lipinski definition) is 1. The van der Waals surface area contributed by atoms with Crippen LogP contribution in [0.4, 0.5) is 16.2 Å². The lowest BCUT2D eigenvalue weighted by molar-refractivity contribution is 0.0115. The molecule has 0 radical (unpaired) electrons. The van der Waals surface area contributed by atoms with Crippen LogP contribution in [0.2, 0.25) is 0 Å². The Morgan fingerprint density at radius 3 is 2.96 bits per heavy atom. The minimum absolute atomic E-state index is 0.0380. The van der Waals surface area contributed by atoms with Crippen molar-refractivity contribution in [2.45, 2.75) is 32.3 Å². The van der Waals surface area contributed by atoms with Gasteiger partial charge >= 0.3 is 6.03 Å². The van der Waals surface area contributed by atoms with E-state index >= 15 is 0 Å². The first-order valence-corrected chi connectivity index (χ1v) is 9.36. The van der Waals surface area contributed by atoms with Crippen molar-refractivity contribution < 1.29 is 14.3 Å². The lowest BCUT2D eigenvalue weighted by atomic mass is 10.1. The summed E-state index contributed by atoms with van der Waals surface area (Å²) in [4.78, 5) is 16.8. The Kier molecular flexibility index (Phi) is 6.53. The number of benzene rings is 1. The largest absolute Gasteiger partial charge is 0.378 e. The monoisotopic (exact) mass is 347 g/mol. The molecule has 2 aliphatic heterocycles. The number of nitrogens with zero attached hydrogens (tertiary/aromatic N) is 2. The number of hydrogen-bond acceptors (Lipinski definition) is 4. The maximum absolute atomic E-state index is 12.6. The molecule has 6 nitrogen and oxygen atoms in total. The molecule has 25 heavy (non-hydrogen) atoms. The average molecular weight is 347 g/mol. The Balaban J connectivity index is 1.57. The van der Waals surface area contributed by atoms with E-state index in [0.717, 1.165) is 70.1 Å². The van der Waals surface area contributed by atoms with Crippen LogP contribution < -0.4 is 10.2 Å². The van der Waals surface area contributed by atoms with E-state index in [4.69, 9.17) is 9.47 Å². The number of nitrogens with one attached hydrogen (secondary N) is 1. The summed E-state index contributed by atoms with van der Waals surface area (Å²) in [6.07, 6.45) is 3.21. The molecule has 1 aromatic rings. The quantitative estimate of drug-likeness (QED) is 0.890. The van der Waals surface area contributed by atoms with Crippen molar-refractivity contribution in [3.05, 3.63) is 24.3 Å². The number of carbonyl (C=O) groups excluding carboxylic acids is 1. The lowest BCUT2D eigenvalue weighted by Crippen LogP contribution is -2.45. The van der Waals surface area contributed by atoms with E-state index in [1.807, 2.05) is 23.1 Å². The van der Waals surface area contributed by atoms with Gasteiger partial charge < -0.3 is 24.6 Å². The number of anilines is 2. The summed E-state index contributed by atoms with van der Waals surface area (Å²) in [5.74, 6) is 0. The molecule has 2 saturated heterocycles. The van der Waals surface area contributed by atoms with Crippen molar-refractivity contribution in [2.75, 3.05) is 56.2 Å². The van der Waals surface area contributed by atoms with Gasteiger partial charge in [-0.05, 0) is 37.5 Å². The molecule has 1 aromatic carbocycles. The van der Waals surface area contributed by atoms with Crippen LogP contribution in [0.15, 0.2) is 24.3 Å². The zero-order valence-electron chi connectivity index (χ0n) is 15.1. The van der Waals surface area contributed by atoms with Crippen LogP contribution in [-0.4, -0.2) is 63.0 Å². The van der Waals surface area contributed by atoms with E-state index in [9.17, 15) is 4.79 Å². The van der Waals surface area contributed by atoms with E-state index in [2.05, 4.69) is 23.2 Å².